The summed E-state index contributed by atoms with van der Waals surface area (Å²) >= 11 is 0. The van der Waals surface area contributed by atoms with E-state index in [1.807, 2.05) is 0 Å². The van der Waals surface area contributed by atoms with E-state index in [9.17, 15) is 19.8 Å². The number of hydrogen-bond acceptors (Lipinski definition) is 5. The van der Waals surface area contributed by atoms with Gasteiger partial charge < -0.3 is 20.3 Å². The molecule has 388 valence electrons. The molecule has 0 aliphatic heterocycles. The Hall–Kier alpha value is -1.92. The van der Waals surface area contributed by atoms with Crippen LogP contribution in [0.5, 0.6) is 0 Å². The molecule has 0 saturated heterocycles. The van der Waals surface area contributed by atoms with Crippen LogP contribution in [0.25, 0.3) is 0 Å². The summed E-state index contributed by atoms with van der Waals surface area (Å²) in [5.41, 5.74) is 0. The van der Waals surface area contributed by atoms with Crippen LogP contribution in [0, 0.1) is 0 Å². The maximum Gasteiger partial charge on any atom is 0.306 e. The number of rotatable bonds is 53. The second-order valence-electron chi connectivity index (χ2n) is 20.0. The molecule has 0 aliphatic carbocycles. The number of allylic oxidation sites excluding steroid dienone is 6. The Labute approximate surface area is 411 Å². The molecule has 66 heavy (non-hydrogen) atoms. The number of unbranched alkanes of at least 4 members (excludes halogenated alkanes) is 35. The van der Waals surface area contributed by atoms with Crippen molar-refractivity contribution in [2.45, 2.75) is 328 Å². The lowest BCUT2D eigenvalue weighted by Crippen LogP contribution is -2.46. The number of carbonyl (C=O) groups is 2. The van der Waals surface area contributed by atoms with Gasteiger partial charge in [0.25, 0.3) is 0 Å². The number of carbonyl (C=O) groups excluding carboxylic acids is 2. The molecular formula is C60H113NO5. The maximum atomic E-state index is 13.3. The highest BCUT2D eigenvalue weighted by atomic mass is 16.5. The molecule has 0 radical (unpaired) electrons. The van der Waals surface area contributed by atoms with E-state index >= 15 is 0 Å². The first-order chi connectivity index (χ1) is 32.5. The topological polar surface area (TPSA) is 95.9 Å². The smallest absolute Gasteiger partial charge is 0.306 e. The Balaban J connectivity index is 4.53. The molecule has 1 amide bonds. The fraction of sp³-hybridized carbons (Fsp3) is 0.867. The Bertz CT molecular complexity index is 1090. The van der Waals surface area contributed by atoms with Crippen LogP contribution in [-0.2, 0) is 14.3 Å². The monoisotopic (exact) mass is 928 g/mol. The van der Waals surface area contributed by atoms with Gasteiger partial charge >= 0.3 is 5.97 Å². The normalized spacial score (nSPS) is 13.3. The van der Waals surface area contributed by atoms with E-state index < -0.39 is 18.2 Å². The van der Waals surface area contributed by atoms with Gasteiger partial charge in [-0.1, -0.05) is 250 Å². The van der Waals surface area contributed by atoms with Crippen LogP contribution < -0.4 is 5.32 Å². The van der Waals surface area contributed by atoms with Crippen molar-refractivity contribution in [2.24, 2.45) is 0 Å². The number of nitrogens with one attached hydrogen (secondary N) is 1. The first kappa shape index (κ1) is 64.1. The Kier molecular flexibility index (Phi) is 52.5. The van der Waals surface area contributed by atoms with Crippen molar-refractivity contribution < 1.29 is 24.5 Å². The van der Waals surface area contributed by atoms with Gasteiger partial charge in [0.1, 0.15) is 6.10 Å². The molecule has 0 aromatic heterocycles. The van der Waals surface area contributed by atoms with Crippen LogP contribution in [0.4, 0.5) is 0 Å². The molecule has 0 aromatic carbocycles. The Morgan fingerprint density at radius 1 is 0.439 bits per heavy atom. The number of aliphatic hydroxyl groups excluding tert-OH is 2. The van der Waals surface area contributed by atoms with Gasteiger partial charge in [-0.05, 0) is 83.5 Å². The van der Waals surface area contributed by atoms with Crippen LogP contribution in [0.2, 0.25) is 0 Å². The molecule has 0 spiro atoms. The molecule has 0 bridgehead atoms. The van der Waals surface area contributed by atoms with Crippen LogP contribution in [0.3, 0.4) is 0 Å². The van der Waals surface area contributed by atoms with Crippen molar-refractivity contribution in [1.29, 1.82) is 0 Å². The van der Waals surface area contributed by atoms with Crippen molar-refractivity contribution in [2.75, 3.05) is 6.61 Å². The van der Waals surface area contributed by atoms with E-state index in [0.29, 0.717) is 19.3 Å². The second-order valence-corrected chi connectivity index (χ2v) is 20.0. The summed E-state index contributed by atoms with van der Waals surface area (Å²) in [6.45, 7) is 6.48. The third kappa shape index (κ3) is 48.5. The number of amides is 1. The number of aliphatic hydroxyl groups is 2. The first-order valence-corrected chi connectivity index (χ1v) is 29.2. The van der Waals surface area contributed by atoms with E-state index in [-0.39, 0.29) is 24.9 Å². The van der Waals surface area contributed by atoms with E-state index in [1.54, 1.807) is 0 Å². The molecule has 6 nitrogen and oxygen atoms in total. The predicted molar refractivity (Wildman–Crippen MR) is 287 cm³/mol. The largest absolute Gasteiger partial charge is 0.462 e. The zero-order valence-corrected chi connectivity index (χ0v) is 44.3. The van der Waals surface area contributed by atoms with Crippen LogP contribution in [0.1, 0.15) is 310 Å². The second kappa shape index (κ2) is 54.0. The minimum atomic E-state index is -0.791. The van der Waals surface area contributed by atoms with Crippen molar-refractivity contribution in [1.82, 2.24) is 5.32 Å². The highest BCUT2D eigenvalue weighted by Crippen LogP contribution is 2.18. The minimum Gasteiger partial charge on any atom is -0.462 e. The fourth-order valence-corrected chi connectivity index (χ4v) is 8.99. The number of esters is 1. The maximum absolute atomic E-state index is 13.3. The summed E-state index contributed by atoms with van der Waals surface area (Å²) in [5.74, 6) is -0.479. The molecule has 3 N–H and O–H groups in total. The van der Waals surface area contributed by atoms with E-state index in [4.69, 9.17) is 4.74 Å². The quantitative estimate of drug-likeness (QED) is 0.0321. The first-order valence-electron chi connectivity index (χ1n) is 29.2. The SMILES string of the molecule is CCCCC/C=C\C/C=C\CCCCCCCCCCCC(=O)OC(CCCCC/C=C/CCCCCCCCC)CC(=O)NC(CO)C(O)CCCCCCCCCCCCCCCC. The van der Waals surface area contributed by atoms with Gasteiger partial charge in [-0.25, -0.2) is 0 Å². The summed E-state index contributed by atoms with van der Waals surface area (Å²) in [4.78, 5) is 26.3. The van der Waals surface area contributed by atoms with Gasteiger partial charge in [-0.3, -0.25) is 9.59 Å². The zero-order valence-electron chi connectivity index (χ0n) is 44.3. The van der Waals surface area contributed by atoms with Crippen LogP contribution >= 0.6 is 0 Å². The summed E-state index contributed by atoms with van der Waals surface area (Å²) < 4.78 is 5.96. The van der Waals surface area contributed by atoms with Crippen LogP contribution in [-0.4, -0.2) is 46.9 Å². The minimum absolute atomic E-state index is 0.0684. The molecule has 0 aliphatic rings. The van der Waals surface area contributed by atoms with Gasteiger partial charge in [-0.15, -0.1) is 0 Å². The Morgan fingerprint density at radius 3 is 1.21 bits per heavy atom. The lowest BCUT2D eigenvalue weighted by atomic mass is 10.0. The lowest BCUT2D eigenvalue weighted by molar-refractivity contribution is -0.151. The molecular weight excluding hydrogens is 815 g/mol. The molecule has 3 atom stereocenters. The average molecular weight is 929 g/mol. The predicted octanol–water partition coefficient (Wildman–Crippen LogP) is 18.0. The molecule has 0 fully saturated rings. The molecule has 0 saturated carbocycles. The summed E-state index contributed by atoms with van der Waals surface area (Å²) in [7, 11) is 0. The average Bonchev–Trinajstić information content (AvgIpc) is 3.31. The van der Waals surface area contributed by atoms with Gasteiger partial charge in [-0.2, -0.15) is 0 Å². The summed E-state index contributed by atoms with van der Waals surface area (Å²) in [6.07, 6.45) is 64.9. The van der Waals surface area contributed by atoms with E-state index in [1.165, 1.54) is 199 Å². The van der Waals surface area contributed by atoms with Crippen molar-refractivity contribution in [3.05, 3.63) is 36.5 Å². The van der Waals surface area contributed by atoms with Crippen LogP contribution in [0.15, 0.2) is 36.5 Å². The van der Waals surface area contributed by atoms with Crippen molar-refractivity contribution >= 4 is 11.9 Å². The lowest BCUT2D eigenvalue weighted by Gasteiger charge is -2.24. The number of hydrogen-bond donors (Lipinski definition) is 3. The van der Waals surface area contributed by atoms with Gasteiger partial charge in [0.05, 0.1) is 25.2 Å². The fourth-order valence-electron chi connectivity index (χ4n) is 8.99. The molecule has 3 unspecified atom stereocenters. The molecule has 6 heteroatoms. The van der Waals surface area contributed by atoms with Gasteiger partial charge in [0.2, 0.25) is 5.91 Å². The van der Waals surface area contributed by atoms with E-state index in [2.05, 4.69) is 62.5 Å². The highest BCUT2D eigenvalue weighted by molar-refractivity contribution is 5.77. The van der Waals surface area contributed by atoms with Crippen molar-refractivity contribution in [3.63, 3.8) is 0 Å². The van der Waals surface area contributed by atoms with E-state index in [0.717, 1.165) is 64.2 Å². The highest BCUT2D eigenvalue weighted by Gasteiger charge is 2.24. The standard InChI is InChI=1S/C60H113NO5/c1-4-7-10-13-16-19-22-25-28-29-30-31-32-35-38-41-44-47-50-53-60(65)66-56(51-48-45-42-39-36-33-26-23-20-17-14-11-8-5-2)54-59(64)61-57(55-62)58(63)52-49-46-43-40-37-34-27-24-21-18-15-12-9-6-3/h16,19,25,28,33,36,56-58,62-63H,4-15,17-18,20-24,26-27,29-32,34-35,37-55H2,1-3H3,(H,61,64)/b19-16-,28-25-,36-33+. The summed E-state index contributed by atoms with van der Waals surface area (Å²) in [6, 6.07) is -0.705. The molecule has 0 aromatic rings. The summed E-state index contributed by atoms with van der Waals surface area (Å²) in [5, 5.41) is 23.9. The zero-order chi connectivity index (χ0) is 48.1. The number of ether oxygens (including phenoxy) is 1. The third-order valence-corrected chi connectivity index (χ3v) is 13.4. The Morgan fingerprint density at radius 2 is 0.773 bits per heavy atom. The molecule has 0 rings (SSSR count). The van der Waals surface area contributed by atoms with Crippen molar-refractivity contribution in [3.8, 4) is 0 Å². The van der Waals surface area contributed by atoms with Gasteiger partial charge in [0.15, 0.2) is 0 Å². The van der Waals surface area contributed by atoms with Gasteiger partial charge in [0, 0.05) is 6.42 Å². The molecule has 0 heterocycles. The third-order valence-electron chi connectivity index (χ3n) is 13.4.